The summed E-state index contributed by atoms with van der Waals surface area (Å²) in [5.41, 5.74) is 4.77. The Bertz CT molecular complexity index is 626. The van der Waals surface area contributed by atoms with Crippen LogP contribution in [0.4, 0.5) is 0 Å². The normalized spacial score (nSPS) is 12.5. The van der Waals surface area contributed by atoms with Crippen LogP contribution in [0.5, 0.6) is 0 Å². The van der Waals surface area contributed by atoms with Crippen molar-refractivity contribution >= 4 is 66.1 Å². The molecular formula is C15H12Br2ClI. The van der Waals surface area contributed by atoms with Gasteiger partial charge in [-0.1, -0.05) is 49.5 Å². The Kier molecular flexibility index (Phi) is 5.37. The molecule has 0 radical (unpaired) electrons. The molecule has 0 saturated heterocycles. The molecule has 100 valence electrons. The van der Waals surface area contributed by atoms with Crippen molar-refractivity contribution in [1.29, 1.82) is 0 Å². The average molecular weight is 514 g/mol. The molecule has 2 aromatic carbocycles. The van der Waals surface area contributed by atoms with Gasteiger partial charge >= 0.3 is 0 Å². The number of benzene rings is 2. The van der Waals surface area contributed by atoms with Gasteiger partial charge in [0.25, 0.3) is 0 Å². The molecule has 0 aliphatic heterocycles. The van der Waals surface area contributed by atoms with Gasteiger partial charge in [-0.05, 0) is 83.0 Å². The van der Waals surface area contributed by atoms with E-state index in [1.165, 1.54) is 20.3 Å². The maximum atomic E-state index is 6.39. The summed E-state index contributed by atoms with van der Waals surface area (Å²) in [6.45, 7) is 4.19. The molecule has 0 heterocycles. The molecule has 0 nitrogen and oxygen atoms in total. The van der Waals surface area contributed by atoms with Crippen molar-refractivity contribution in [3.05, 3.63) is 65.7 Å². The van der Waals surface area contributed by atoms with E-state index in [1.807, 2.05) is 6.07 Å². The van der Waals surface area contributed by atoms with E-state index in [9.17, 15) is 0 Å². The lowest BCUT2D eigenvalue weighted by atomic mass is 10.0. The highest BCUT2D eigenvalue weighted by atomic mass is 127. The standard InChI is InChI=1S/C15H12Br2ClI/c1-8-5-12(14(18)6-9(8)2)15(17)11-7-10(19)3-4-13(11)16/h3-7,15H,1-2H3. The van der Waals surface area contributed by atoms with Gasteiger partial charge in [0, 0.05) is 13.1 Å². The van der Waals surface area contributed by atoms with Gasteiger partial charge < -0.3 is 0 Å². The number of alkyl halides is 1. The van der Waals surface area contributed by atoms with Crippen molar-refractivity contribution in [2.75, 3.05) is 0 Å². The van der Waals surface area contributed by atoms with E-state index >= 15 is 0 Å². The number of rotatable bonds is 2. The fourth-order valence-corrected chi connectivity index (χ4v) is 4.39. The zero-order valence-electron chi connectivity index (χ0n) is 10.5. The van der Waals surface area contributed by atoms with Gasteiger partial charge in [-0.2, -0.15) is 0 Å². The van der Waals surface area contributed by atoms with E-state index in [4.69, 9.17) is 11.6 Å². The number of aryl methyl sites for hydroxylation is 2. The fourth-order valence-electron chi connectivity index (χ4n) is 1.87. The SMILES string of the molecule is Cc1cc(Cl)c(C(Br)c2cc(I)ccc2Br)cc1C. The molecule has 0 aliphatic carbocycles. The second-order valence-electron chi connectivity index (χ2n) is 4.49. The lowest BCUT2D eigenvalue weighted by molar-refractivity contribution is 1.14. The molecule has 0 saturated carbocycles. The first kappa shape index (κ1) is 15.8. The van der Waals surface area contributed by atoms with E-state index in [1.54, 1.807) is 0 Å². The second-order valence-corrected chi connectivity index (χ2v) is 7.91. The highest BCUT2D eigenvalue weighted by molar-refractivity contribution is 14.1. The Morgan fingerprint density at radius 1 is 1.05 bits per heavy atom. The van der Waals surface area contributed by atoms with E-state index in [0.29, 0.717) is 0 Å². The maximum Gasteiger partial charge on any atom is 0.0670 e. The lowest BCUT2D eigenvalue weighted by Crippen LogP contribution is -1.98. The third-order valence-electron chi connectivity index (χ3n) is 3.12. The topological polar surface area (TPSA) is 0 Å². The summed E-state index contributed by atoms with van der Waals surface area (Å²) in [7, 11) is 0. The first-order chi connectivity index (χ1) is 8.90. The van der Waals surface area contributed by atoms with Gasteiger partial charge in [-0.3, -0.25) is 0 Å². The van der Waals surface area contributed by atoms with Gasteiger partial charge in [0.1, 0.15) is 0 Å². The highest BCUT2D eigenvalue weighted by Crippen LogP contribution is 2.40. The minimum Gasteiger partial charge on any atom is -0.0840 e. The van der Waals surface area contributed by atoms with Crippen molar-refractivity contribution in [2.24, 2.45) is 0 Å². The molecule has 1 atom stereocenters. The zero-order chi connectivity index (χ0) is 14.2. The summed E-state index contributed by atoms with van der Waals surface area (Å²) in [5, 5.41) is 0.802. The van der Waals surface area contributed by atoms with Crippen LogP contribution in [0.25, 0.3) is 0 Å². The Morgan fingerprint density at radius 2 is 1.68 bits per heavy atom. The molecule has 0 N–H and O–H groups in total. The van der Waals surface area contributed by atoms with Crippen LogP contribution in [-0.2, 0) is 0 Å². The van der Waals surface area contributed by atoms with Crippen LogP contribution in [0.2, 0.25) is 5.02 Å². The fraction of sp³-hybridized carbons (Fsp3) is 0.200. The predicted molar refractivity (Wildman–Crippen MR) is 98.6 cm³/mol. The third kappa shape index (κ3) is 3.55. The summed E-state index contributed by atoms with van der Waals surface area (Å²) >= 11 is 16.1. The predicted octanol–water partition coefficient (Wildman–Crippen LogP) is 6.81. The summed E-state index contributed by atoms with van der Waals surface area (Å²) in [6, 6.07) is 10.5. The number of hydrogen-bond acceptors (Lipinski definition) is 0. The van der Waals surface area contributed by atoms with E-state index in [-0.39, 0.29) is 4.83 Å². The minimum absolute atomic E-state index is 0.0865. The smallest absolute Gasteiger partial charge is 0.0670 e. The summed E-state index contributed by atoms with van der Waals surface area (Å²) in [5.74, 6) is 0. The number of halogens is 4. The van der Waals surface area contributed by atoms with Gasteiger partial charge in [-0.25, -0.2) is 0 Å². The Hall–Kier alpha value is 0.420. The van der Waals surface area contributed by atoms with Crippen molar-refractivity contribution in [3.8, 4) is 0 Å². The first-order valence-corrected chi connectivity index (χ1v) is 8.92. The molecule has 0 fully saturated rings. The Morgan fingerprint density at radius 3 is 2.37 bits per heavy atom. The molecule has 0 aromatic heterocycles. The van der Waals surface area contributed by atoms with Crippen LogP contribution in [0.15, 0.2) is 34.8 Å². The third-order valence-corrected chi connectivity index (χ3v) is 5.82. The molecule has 4 heteroatoms. The van der Waals surface area contributed by atoms with Crippen LogP contribution in [-0.4, -0.2) is 0 Å². The molecule has 0 spiro atoms. The van der Waals surface area contributed by atoms with E-state index in [0.717, 1.165) is 15.1 Å². The van der Waals surface area contributed by atoms with Crippen LogP contribution < -0.4 is 0 Å². The summed E-state index contributed by atoms with van der Waals surface area (Å²) < 4.78 is 2.30. The highest BCUT2D eigenvalue weighted by Gasteiger charge is 2.17. The molecule has 2 aromatic rings. The van der Waals surface area contributed by atoms with Gasteiger partial charge in [-0.15, -0.1) is 0 Å². The number of hydrogen-bond donors (Lipinski definition) is 0. The molecule has 19 heavy (non-hydrogen) atoms. The van der Waals surface area contributed by atoms with E-state index in [2.05, 4.69) is 92.6 Å². The minimum atomic E-state index is 0.0865. The molecule has 1 unspecified atom stereocenters. The van der Waals surface area contributed by atoms with E-state index < -0.39 is 0 Å². The van der Waals surface area contributed by atoms with Crippen molar-refractivity contribution in [2.45, 2.75) is 18.7 Å². The summed E-state index contributed by atoms with van der Waals surface area (Å²) in [4.78, 5) is 0.0865. The Balaban J connectivity index is 2.52. The molecule has 2 rings (SSSR count). The first-order valence-electron chi connectivity index (χ1n) is 5.76. The largest absolute Gasteiger partial charge is 0.0840 e. The van der Waals surface area contributed by atoms with Gasteiger partial charge in [0.05, 0.1) is 4.83 Å². The maximum absolute atomic E-state index is 6.39. The molecule has 0 bridgehead atoms. The molecule has 0 aliphatic rings. The van der Waals surface area contributed by atoms with Crippen molar-refractivity contribution in [3.63, 3.8) is 0 Å². The lowest BCUT2D eigenvalue weighted by Gasteiger charge is -2.16. The monoisotopic (exact) mass is 512 g/mol. The molecular weight excluding hydrogens is 502 g/mol. The van der Waals surface area contributed by atoms with Crippen LogP contribution in [0.3, 0.4) is 0 Å². The van der Waals surface area contributed by atoms with Crippen molar-refractivity contribution < 1.29 is 0 Å². The zero-order valence-corrected chi connectivity index (χ0v) is 16.6. The molecule has 0 amide bonds. The van der Waals surface area contributed by atoms with Crippen LogP contribution in [0, 0.1) is 17.4 Å². The Labute approximate surface area is 149 Å². The second kappa shape index (κ2) is 6.46. The van der Waals surface area contributed by atoms with Crippen LogP contribution in [0.1, 0.15) is 27.1 Å². The van der Waals surface area contributed by atoms with Crippen LogP contribution >= 0.6 is 66.1 Å². The summed E-state index contributed by atoms with van der Waals surface area (Å²) in [6.07, 6.45) is 0. The van der Waals surface area contributed by atoms with Gasteiger partial charge in [0.15, 0.2) is 0 Å². The van der Waals surface area contributed by atoms with Gasteiger partial charge in [0.2, 0.25) is 0 Å². The quantitative estimate of drug-likeness (QED) is 0.305. The van der Waals surface area contributed by atoms with Crippen molar-refractivity contribution in [1.82, 2.24) is 0 Å². The average Bonchev–Trinajstić information content (AvgIpc) is 2.36.